The van der Waals surface area contributed by atoms with Crippen LogP contribution in [0.4, 0.5) is 5.69 Å². The zero-order chi connectivity index (χ0) is 14.5. The molecule has 2 rings (SSSR count). The minimum absolute atomic E-state index is 0.134. The maximum absolute atomic E-state index is 12.0. The summed E-state index contributed by atoms with van der Waals surface area (Å²) in [6.07, 6.45) is 2.22. The molecule has 1 aromatic carbocycles. The monoisotopic (exact) mass is 277 g/mol. The average molecular weight is 277 g/mol. The molecule has 1 heterocycles. The predicted molar refractivity (Wildman–Crippen MR) is 79.7 cm³/mol. The number of para-hydroxylation sites is 1. The van der Waals surface area contributed by atoms with Gasteiger partial charge in [0.2, 0.25) is 0 Å². The van der Waals surface area contributed by atoms with Gasteiger partial charge in [-0.15, -0.1) is 0 Å². The number of carbonyl (C=O) groups excluding carboxylic acids is 1. The van der Waals surface area contributed by atoms with Crippen LogP contribution >= 0.6 is 0 Å². The minimum Gasteiger partial charge on any atom is -0.505 e. The van der Waals surface area contributed by atoms with E-state index >= 15 is 0 Å². The summed E-state index contributed by atoms with van der Waals surface area (Å²) in [6, 6.07) is 4.83. The Bertz CT molecular complexity index is 468. The Labute approximate surface area is 119 Å². The summed E-state index contributed by atoms with van der Waals surface area (Å²) < 4.78 is 0. The van der Waals surface area contributed by atoms with E-state index in [-0.39, 0.29) is 22.9 Å². The van der Waals surface area contributed by atoms with Crippen LogP contribution in [0.25, 0.3) is 0 Å². The van der Waals surface area contributed by atoms with Crippen molar-refractivity contribution in [2.75, 3.05) is 31.9 Å². The van der Waals surface area contributed by atoms with Gasteiger partial charge in [-0.1, -0.05) is 13.0 Å². The molecule has 1 fully saturated rings. The molecule has 0 spiro atoms. The SMILES string of the molecule is CCN1CCC(CNC(=O)c2cccc(N)c2O)CC1. The minimum atomic E-state index is -0.257. The molecule has 20 heavy (non-hydrogen) atoms. The van der Waals surface area contributed by atoms with Crippen molar-refractivity contribution >= 4 is 11.6 Å². The number of likely N-dealkylation sites (tertiary alicyclic amines) is 1. The average Bonchev–Trinajstić information content (AvgIpc) is 2.48. The van der Waals surface area contributed by atoms with Gasteiger partial charge in [-0.05, 0) is 50.5 Å². The zero-order valence-electron chi connectivity index (χ0n) is 11.9. The van der Waals surface area contributed by atoms with Gasteiger partial charge in [0.05, 0.1) is 11.3 Å². The molecule has 1 saturated heterocycles. The number of nitrogens with zero attached hydrogens (tertiary/aromatic N) is 1. The maximum Gasteiger partial charge on any atom is 0.255 e. The Balaban J connectivity index is 1.85. The molecular formula is C15H23N3O2. The second kappa shape index (κ2) is 6.61. The van der Waals surface area contributed by atoms with E-state index in [1.165, 1.54) is 0 Å². The van der Waals surface area contributed by atoms with Gasteiger partial charge in [-0.3, -0.25) is 4.79 Å². The van der Waals surface area contributed by atoms with E-state index in [1.54, 1.807) is 18.2 Å². The Morgan fingerprint density at radius 2 is 2.15 bits per heavy atom. The number of anilines is 1. The highest BCUT2D eigenvalue weighted by Gasteiger charge is 2.19. The molecule has 110 valence electrons. The number of amides is 1. The molecule has 5 nitrogen and oxygen atoms in total. The fourth-order valence-corrected chi connectivity index (χ4v) is 2.58. The normalized spacial score (nSPS) is 17.1. The molecule has 1 aliphatic heterocycles. The van der Waals surface area contributed by atoms with Gasteiger partial charge in [0.15, 0.2) is 5.75 Å². The summed E-state index contributed by atoms with van der Waals surface area (Å²) in [6.45, 7) is 6.12. The second-order valence-corrected chi connectivity index (χ2v) is 5.33. The molecule has 1 aromatic rings. The van der Waals surface area contributed by atoms with Gasteiger partial charge in [0, 0.05) is 6.54 Å². The number of hydrogen-bond acceptors (Lipinski definition) is 4. The Kier molecular flexibility index (Phi) is 4.84. The number of piperidine rings is 1. The number of aromatic hydroxyl groups is 1. The fraction of sp³-hybridized carbons (Fsp3) is 0.533. The van der Waals surface area contributed by atoms with Crippen LogP contribution in [0.15, 0.2) is 18.2 Å². The van der Waals surface area contributed by atoms with Crippen LogP contribution in [0.3, 0.4) is 0 Å². The van der Waals surface area contributed by atoms with E-state index in [9.17, 15) is 9.90 Å². The molecule has 0 radical (unpaired) electrons. The third kappa shape index (κ3) is 3.42. The number of phenols is 1. The summed E-state index contributed by atoms with van der Waals surface area (Å²) in [5.74, 6) is 0.128. The van der Waals surface area contributed by atoms with Crippen molar-refractivity contribution in [2.24, 2.45) is 5.92 Å². The molecule has 0 bridgehead atoms. The first kappa shape index (κ1) is 14.7. The highest BCUT2D eigenvalue weighted by Crippen LogP contribution is 2.24. The van der Waals surface area contributed by atoms with E-state index < -0.39 is 0 Å². The number of nitrogens with two attached hydrogens (primary N) is 1. The molecule has 0 aliphatic carbocycles. The van der Waals surface area contributed by atoms with Gasteiger partial charge in [0.1, 0.15) is 0 Å². The van der Waals surface area contributed by atoms with Crippen LogP contribution in [-0.4, -0.2) is 42.1 Å². The topological polar surface area (TPSA) is 78.6 Å². The third-order valence-corrected chi connectivity index (χ3v) is 4.02. The van der Waals surface area contributed by atoms with Crippen molar-refractivity contribution in [1.29, 1.82) is 0 Å². The van der Waals surface area contributed by atoms with Gasteiger partial charge in [-0.25, -0.2) is 0 Å². The van der Waals surface area contributed by atoms with Gasteiger partial charge in [0.25, 0.3) is 5.91 Å². The molecule has 5 heteroatoms. The third-order valence-electron chi connectivity index (χ3n) is 4.02. The molecule has 0 saturated carbocycles. The van der Waals surface area contributed by atoms with Gasteiger partial charge < -0.3 is 21.1 Å². The first-order valence-electron chi connectivity index (χ1n) is 7.19. The number of nitrogen functional groups attached to an aromatic ring is 1. The second-order valence-electron chi connectivity index (χ2n) is 5.33. The van der Waals surface area contributed by atoms with E-state index in [0.717, 1.165) is 32.5 Å². The number of hydrogen-bond donors (Lipinski definition) is 3. The van der Waals surface area contributed by atoms with Gasteiger partial charge >= 0.3 is 0 Å². The van der Waals surface area contributed by atoms with Crippen LogP contribution in [0, 0.1) is 5.92 Å². The Morgan fingerprint density at radius 3 is 2.80 bits per heavy atom. The molecular weight excluding hydrogens is 254 g/mol. The lowest BCUT2D eigenvalue weighted by molar-refractivity contribution is 0.0934. The standard InChI is InChI=1S/C15H23N3O2/c1-2-18-8-6-11(7-9-18)10-17-15(20)12-4-3-5-13(16)14(12)19/h3-5,11,19H,2,6-10,16H2,1H3,(H,17,20). The summed E-state index contributed by atoms with van der Waals surface area (Å²) in [5, 5.41) is 12.7. The van der Waals surface area contributed by atoms with Crippen molar-refractivity contribution in [1.82, 2.24) is 10.2 Å². The first-order chi connectivity index (χ1) is 9.61. The Hall–Kier alpha value is -1.75. The largest absolute Gasteiger partial charge is 0.505 e. The smallest absolute Gasteiger partial charge is 0.255 e. The molecule has 1 amide bonds. The van der Waals surface area contributed by atoms with Crippen LogP contribution in [0.5, 0.6) is 5.75 Å². The van der Waals surface area contributed by atoms with Crippen LogP contribution in [0.1, 0.15) is 30.1 Å². The fourth-order valence-electron chi connectivity index (χ4n) is 2.58. The van der Waals surface area contributed by atoms with Crippen molar-refractivity contribution in [3.05, 3.63) is 23.8 Å². The van der Waals surface area contributed by atoms with Gasteiger partial charge in [-0.2, -0.15) is 0 Å². The number of rotatable bonds is 4. The molecule has 1 aliphatic rings. The summed E-state index contributed by atoms with van der Waals surface area (Å²) in [4.78, 5) is 14.5. The van der Waals surface area contributed by atoms with E-state index in [1.807, 2.05) is 0 Å². The van der Waals surface area contributed by atoms with Crippen molar-refractivity contribution in [3.8, 4) is 5.75 Å². The van der Waals surface area contributed by atoms with E-state index in [4.69, 9.17) is 5.73 Å². The highest BCUT2D eigenvalue weighted by atomic mass is 16.3. The number of benzene rings is 1. The highest BCUT2D eigenvalue weighted by molar-refractivity contribution is 5.98. The summed E-state index contributed by atoms with van der Waals surface area (Å²) in [5.41, 5.74) is 6.07. The van der Waals surface area contributed by atoms with Crippen molar-refractivity contribution in [3.63, 3.8) is 0 Å². The van der Waals surface area contributed by atoms with Crippen molar-refractivity contribution < 1.29 is 9.90 Å². The van der Waals surface area contributed by atoms with Crippen LogP contribution in [-0.2, 0) is 0 Å². The Morgan fingerprint density at radius 1 is 1.45 bits per heavy atom. The van der Waals surface area contributed by atoms with Crippen molar-refractivity contribution in [2.45, 2.75) is 19.8 Å². The van der Waals surface area contributed by atoms with E-state index in [2.05, 4.69) is 17.1 Å². The maximum atomic E-state index is 12.0. The summed E-state index contributed by atoms with van der Waals surface area (Å²) in [7, 11) is 0. The molecule has 0 aromatic heterocycles. The molecule has 0 atom stereocenters. The molecule has 4 N–H and O–H groups in total. The predicted octanol–water partition coefficient (Wildman–Crippen LogP) is 1.44. The summed E-state index contributed by atoms with van der Waals surface area (Å²) >= 11 is 0. The first-order valence-corrected chi connectivity index (χ1v) is 7.19. The zero-order valence-corrected chi connectivity index (χ0v) is 11.9. The lowest BCUT2D eigenvalue weighted by Crippen LogP contribution is -2.38. The molecule has 0 unspecified atom stereocenters. The number of carbonyl (C=O) groups is 1. The lowest BCUT2D eigenvalue weighted by atomic mass is 9.96. The lowest BCUT2D eigenvalue weighted by Gasteiger charge is -2.31. The number of nitrogens with one attached hydrogen (secondary N) is 1. The quantitative estimate of drug-likeness (QED) is 0.575. The van der Waals surface area contributed by atoms with E-state index in [0.29, 0.717) is 12.5 Å². The van der Waals surface area contributed by atoms with Crippen LogP contribution in [0.2, 0.25) is 0 Å². The van der Waals surface area contributed by atoms with Crippen LogP contribution < -0.4 is 11.1 Å². The number of phenolic OH excluding ortho intramolecular Hbond substituents is 1.